The minimum Gasteiger partial charge on any atom is -0.497 e. The molecule has 198 valence electrons. The van der Waals surface area contributed by atoms with Gasteiger partial charge in [0.15, 0.2) is 6.61 Å². The van der Waals surface area contributed by atoms with Crippen LogP contribution in [0.4, 0.5) is 8.78 Å². The smallest absolute Gasteiger partial charge is 0.352 e. The molecule has 10 heteroatoms. The Balaban J connectivity index is 1.47. The van der Waals surface area contributed by atoms with Crippen LogP contribution in [-0.4, -0.2) is 51.3 Å². The van der Waals surface area contributed by atoms with Crippen LogP contribution in [0, 0.1) is 10.8 Å². The van der Waals surface area contributed by atoms with E-state index in [9.17, 15) is 9.90 Å². The number of carbonyl (C=O) groups excluding carboxylic acids is 1. The van der Waals surface area contributed by atoms with Crippen LogP contribution in [0.1, 0.15) is 77.6 Å². The number of alkyl halides is 2. The molecule has 8 nitrogen and oxygen atoms in total. The summed E-state index contributed by atoms with van der Waals surface area (Å²) in [6.45, 7) is 7.53. The van der Waals surface area contributed by atoms with Gasteiger partial charge in [-0.2, -0.15) is 8.78 Å². The maximum Gasteiger partial charge on any atom is 0.352 e. The van der Waals surface area contributed by atoms with Gasteiger partial charge in [-0.15, -0.1) is 10.2 Å². The average molecular weight is 508 g/mol. The van der Waals surface area contributed by atoms with Crippen molar-refractivity contribution in [3.05, 3.63) is 36.0 Å². The first-order valence-corrected chi connectivity index (χ1v) is 12.3. The number of amides is 1. The molecule has 0 spiro atoms. The Morgan fingerprint density at radius 3 is 2.33 bits per heavy atom. The van der Waals surface area contributed by atoms with E-state index in [4.69, 9.17) is 13.9 Å². The lowest BCUT2D eigenvalue weighted by Crippen LogP contribution is -2.62. The Morgan fingerprint density at radius 2 is 1.72 bits per heavy atom. The van der Waals surface area contributed by atoms with Crippen LogP contribution in [0.25, 0.3) is 0 Å². The quantitative estimate of drug-likeness (QED) is 0.568. The van der Waals surface area contributed by atoms with E-state index in [1.165, 1.54) is 0 Å². The van der Waals surface area contributed by atoms with E-state index in [1.54, 1.807) is 31.4 Å². The number of rotatable bonds is 7. The zero-order valence-corrected chi connectivity index (χ0v) is 21.5. The van der Waals surface area contributed by atoms with Crippen LogP contribution in [0.15, 0.2) is 28.7 Å². The normalized spacial score (nSPS) is 22.9. The summed E-state index contributed by atoms with van der Waals surface area (Å²) in [4.78, 5) is 14.3. The molecule has 0 bridgehead atoms. The SMILES string of the molecule is COc1ccc(OCc2nnc([C@@H]3CCCN3C(=O)C(F)(F)C3(O)CC(C)(C)CC(C)(C)C3)o2)cc1. The van der Waals surface area contributed by atoms with Gasteiger partial charge < -0.3 is 23.9 Å². The molecular formula is C26H35F2N3O5. The van der Waals surface area contributed by atoms with Gasteiger partial charge in [0.2, 0.25) is 5.89 Å². The van der Waals surface area contributed by atoms with E-state index < -0.39 is 34.3 Å². The zero-order valence-electron chi connectivity index (χ0n) is 21.5. The van der Waals surface area contributed by atoms with E-state index in [1.807, 2.05) is 27.7 Å². The van der Waals surface area contributed by atoms with Gasteiger partial charge in [0, 0.05) is 6.54 Å². The van der Waals surface area contributed by atoms with Gasteiger partial charge in [0.25, 0.3) is 11.8 Å². The highest BCUT2D eigenvalue weighted by Crippen LogP contribution is 2.55. The Hall–Kier alpha value is -2.75. The third-order valence-electron chi connectivity index (χ3n) is 7.06. The predicted octanol–water partition coefficient (Wildman–Crippen LogP) is 4.92. The number of aliphatic hydroxyl groups is 1. The van der Waals surface area contributed by atoms with Crippen LogP contribution in [0.2, 0.25) is 0 Å². The van der Waals surface area contributed by atoms with Gasteiger partial charge in [-0.25, -0.2) is 0 Å². The second-order valence-corrected chi connectivity index (χ2v) is 11.6. The molecule has 1 amide bonds. The fourth-order valence-electron chi connectivity index (χ4n) is 6.21. The van der Waals surface area contributed by atoms with Crippen molar-refractivity contribution in [2.75, 3.05) is 13.7 Å². The molecule has 2 aliphatic rings. The summed E-state index contributed by atoms with van der Waals surface area (Å²) in [5.74, 6) is -3.84. The van der Waals surface area contributed by atoms with E-state index in [-0.39, 0.29) is 37.8 Å². The van der Waals surface area contributed by atoms with Crippen molar-refractivity contribution in [2.45, 2.75) is 84.0 Å². The highest BCUT2D eigenvalue weighted by molar-refractivity contribution is 5.85. The van der Waals surface area contributed by atoms with Gasteiger partial charge in [-0.05, 0) is 67.2 Å². The topological polar surface area (TPSA) is 97.9 Å². The molecule has 2 fully saturated rings. The molecule has 1 aliphatic carbocycles. The molecule has 2 aromatic rings. The summed E-state index contributed by atoms with van der Waals surface area (Å²) >= 11 is 0. The van der Waals surface area contributed by atoms with Crippen LogP contribution in [-0.2, 0) is 11.4 Å². The third kappa shape index (κ3) is 5.19. The summed E-state index contributed by atoms with van der Waals surface area (Å²) in [7, 11) is 1.57. The second-order valence-electron chi connectivity index (χ2n) is 11.6. The standard InChI is InChI=1S/C26H35F2N3O5/c1-23(2)14-24(3,4)16-25(33,15-23)26(27,28)22(32)31-12-6-7-19(31)21-30-29-20(36-21)13-35-18-10-8-17(34-5)9-11-18/h8-11,19,33H,6-7,12-16H2,1-5H3/t19-/m0/s1. The van der Waals surface area contributed by atoms with Crippen molar-refractivity contribution in [1.82, 2.24) is 15.1 Å². The summed E-state index contributed by atoms with van der Waals surface area (Å²) in [6, 6.07) is 6.18. The summed E-state index contributed by atoms with van der Waals surface area (Å²) in [5.41, 5.74) is -3.50. The minimum atomic E-state index is -3.95. The first kappa shape index (κ1) is 26.3. The lowest BCUT2D eigenvalue weighted by Gasteiger charge is -2.51. The van der Waals surface area contributed by atoms with E-state index in [0.717, 1.165) is 4.90 Å². The number of nitrogens with zero attached hydrogens (tertiary/aromatic N) is 3. The summed E-state index contributed by atoms with van der Waals surface area (Å²) in [5, 5.41) is 19.2. The number of likely N-dealkylation sites (tertiary alicyclic amines) is 1. The Morgan fingerprint density at radius 1 is 1.11 bits per heavy atom. The third-order valence-corrected chi connectivity index (χ3v) is 7.06. The Labute approximate surface area is 210 Å². The molecule has 36 heavy (non-hydrogen) atoms. The highest BCUT2D eigenvalue weighted by atomic mass is 19.3. The van der Waals surface area contributed by atoms with Gasteiger partial charge in [0.1, 0.15) is 23.1 Å². The van der Waals surface area contributed by atoms with Crippen molar-refractivity contribution in [3.63, 3.8) is 0 Å². The van der Waals surface area contributed by atoms with Crippen LogP contribution >= 0.6 is 0 Å². The molecule has 0 unspecified atom stereocenters. The van der Waals surface area contributed by atoms with Gasteiger partial charge >= 0.3 is 5.92 Å². The molecule has 1 saturated carbocycles. The number of ether oxygens (including phenoxy) is 2. The predicted molar refractivity (Wildman–Crippen MR) is 127 cm³/mol. The molecular weight excluding hydrogens is 472 g/mol. The minimum absolute atomic E-state index is 0.0138. The fourth-order valence-corrected chi connectivity index (χ4v) is 6.21. The second kappa shape index (κ2) is 9.28. The van der Waals surface area contributed by atoms with Gasteiger partial charge in [0.05, 0.1) is 7.11 Å². The van der Waals surface area contributed by atoms with Crippen LogP contribution < -0.4 is 9.47 Å². The number of hydrogen-bond donors (Lipinski definition) is 1. The first-order chi connectivity index (χ1) is 16.8. The largest absolute Gasteiger partial charge is 0.497 e. The average Bonchev–Trinajstić information content (AvgIpc) is 3.44. The number of halogens is 2. The lowest BCUT2D eigenvalue weighted by molar-refractivity contribution is -0.231. The summed E-state index contributed by atoms with van der Waals surface area (Å²) in [6.07, 6.45) is 1.30. The van der Waals surface area contributed by atoms with Gasteiger partial charge in [-0.3, -0.25) is 4.79 Å². The number of benzene rings is 1. The lowest BCUT2D eigenvalue weighted by atomic mass is 9.58. The molecule has 1 N–H and O–H groups in total. The number of carbonyl (C=O) groups is 1. The van der Waals surface area contributed by atoms with E-state index in [2.05, 4.69) is 10.2 Å². The molecule has 0 radical (unpaired) electrons. The van der Waals surface area contributed by atoms with Crippen molar-refractivity contribution in [1.29, 1.82) is 0 Å². The number of aromatic nitrogens is 2. The van der Waals surface area contributed by atoms with Crippen LogP contribution in [0.3, 0.4) is 0 Å². The number of methoxy groups -OCH3 is 1. The molecule has 1 aromatic carbocycles. The molecule has 2 heterocycles. The first-order valence-electron chi connectivity index (χ1n) is 12.3. The fraction of sp³-hybridized carbons (Fsp3) is 0.654. The molecule has 4 rings (SSSR count). The van der Waals surface area contributed by atoms with Crippen molar-refractivity contribution < 1.29 is 32.6 Å². The zero-order chi connectivity index (χ0) is 26.4. The highest BCUT2D eigenvalue weighted by Gasteiger charge is 2.65. The van der Waals surface area contributed by atoms with E-state index >= 15 is 8.78 Å². The molecule has 1 aromatic heterocycles. The van der Waals surface area contributed by atoms with E-state index in [0.29, 0.717) is 30.8 Å². The van der Waals surface area contributed by atoms with Gasteiger partial charge in [-0.1, -0.05) is 27.7 Å². The molecule has 1 aliphatic heterocycles. The van der Waals surface area contributed by atoms with Crippen LogP contribution in [0.5, 0.6) is 11.5 Å². The monoisotopic (exact) mass is 507 g/mol. The summed E-state index contributed by atoms with van der Waals surface area (Å²) < 4.78 is 47.9. The van der Waals surface area contributed by atoms with Crippen molar-refractivity contribution in [3.8, 4) is 11.5 Å². The molecule has 1 saturated heterocycles. The molecule has 1 atom stereocenters. The Kier molecular flexibility index (Phi) is 6.79. The number of hydrogen-bond acceptors (Lipinski definition) is 7. The Bertz CT molecular complexity index is 1070. The van der Waals surface area contributed by atoms with Crippen molar-refractivity contribution >= 4 is 5.91 Å². The maximum atomic E-state index is 15.7. The maximum absolute atomic E-state index is 15.7. The van der Waals surface area contributed by atoms with Crippen molar-refractivity contribution in [2.24, 2.45) is 10.8 Å².